The van der Waals surface area contributed by atoms with Gasteiger partial charge in [0, 0.05) is 24.7 Å². The Morgan fingerprint density at radius 1 is 1.27 bits per heavy atom. The molecule has 0 atom stereocenters. The van der Waals surface area contributed by atoms with Gasteiger partial charge in [0.1, 0.15) is 0 Å². The molecule has 0 heterocycles. The molecule has 0 radical (unpaired) electrons. The second kappa shape index (κ2) is 4.93. The SMILES string of the molecule is COc1cc(F)c(F)c(CCO)c1OC. The third kappa shape index (κ3) is 2.18. The molecule has 3 nitrogen and oxygen atoms in total. The van der Waals surface area contributed by atoms with E-state index >= 15 is 0 Å². The van der Waals surface area contributed by atoms with E-state index in [4.69, 9.17) is 14.6 Å². The van der Waals surface area contributed by atoms with Crippen LogP contribution in [0.3, 0.4) is 0 Å². The first-order chi connectivity index (χ1) is 7.15. The lowest BCUT2D eigenvalue weighted by Crippen LogP contribution is -2.04. The number of rotatable bonds is 4. The summed E-state index contributed by atoms with van der Waals surface area (Å²) in [5.41, 5.74) is -0.0168. The number of benzene rings is 1. The Hall–Kier alpha value is -1.36. The molecule has 0 amide bonds. The highest BCUT2D eigenvalue weighted by atomic mass is 19.2. The number of aliphatic hydroxyl groups excluding tert-OH is 1. The van der Waals surface area contributed by atoms with Gasteiger partial charge in [-0.2, -0.15) is 0 Å². The Labute approximate surface area is 86.2 Å². The van der Waals surface area contributed by atoms with Crippen molar-refractivity contribution >= 4 is 0 Å². The van der Waals surface area contributed by atoms with Crippen molar-refractivity contribution in [1.29, 1.82) is 0 Å². The summed E-state index contributed by atoms with van der Waals surface area (Å²) in [6, 6.07) is 0.912. The van der Waals surface area contributed by atoms with E-state index < -0.39 is 11.6 Å². The van der Waals surface area contributed by atoms with Crippen LogP contribution in [0.5, 0.6) is 11.5 Å². The molecule has 0 saturated heterocycles. The van der Waals surface area contributed by atoms with Crippen molar-refractivity contribution in [2.24, 2.45) is 0 Å². The molecule has 1 aromatic carbocycles. The van der Waals surface area contributed by atoms with Crippen molar-refractivity contribution in [3.8, 4) is 11.5 Å². The van der Waals surface area contributed by atoms with Crippen LogP contribution in [0.4, 0.5) is 8.78 Å². The second-order valence-corrected chi connectivity index (χ2v) is 2.86. The van der Waals surface area contributed by atoms with Crippen LogP contribution in [0, 0.1) is 11.6 Å². The van der Waals surface area contributed by atoms with Crippen molar-refractivity contribution in [3.05, 3.63) is 23.3 Å². The number of ether oxygens (including phenoxy) is 2. The van der Waals surface area contributed by atoms with Crippen LogP contribution < -0.4 is 9.47 Å². The number of halogens is 2. The third-order valence-corrected chi connectivity index (χ3v) is 2.02. The van der Waals surface area contributed by atoms with E-state index in [0.29, 0.717) is 0 Å². The van der Waals surface area contributed by atoms with Gasteiger partial charge in [-0.15, -0.1) is 0 Å². The number of hydrogen-bond donors (Lipinski definition) is 1. The van der Waals surface area contributed by atoms with Crippen molar-refractivity contribution < 1.29 is 23.4 Å². The highest BCUT2D eigenvalue weighted by molar-refractivity contribution is 5.48. The zero-order valence-electron chi connectivity index (χ0n) is 8.51. The molecule has 1 N–H and O–H groups in total. The summed E-state index contributed by atoms with van der Waals surface area (Å²) >= 11 is 0. The average molecular weight is 218 g/mol. The molecule has 84 valence electrons. The van der Waals surface area contributed by atoms with Crippen LogP contribution in [0.2, 0.25) is 0 Å². The molecule has 0 saturated carbocycles. The van der Waals surface area contributed by atoms with E-state index in [-0.39, 0.29) is 30.1 Å². The Morgan fingerprint density at radius 2 is 1.93 bits per heavy atom. The van der Waals surface area contributed by atoms with E-state index in [1.165, 1.54) is 14.2 Å². The van der Waals surface area contributed by atoms with E-state index in [0.717, 1.165) is 6.07 Å². The third-order valence-electron chi connectivity index (χ3n) is 2.02. The first-order valence-electron chi connectivity index (χ1n) is 4.35. The summed E-state index contributed by atoms with van der Waals surface area (Å²) in [5, 5.41) is 8.73. The first-order valence-corrected chi connectivity index (χ1v) is 4.35. The minimum Gasteiger partial charge on any atom is -0.493 e. The molecule has 0 unspecified atom stereocenters. The van der Waals surface area contributed by atoms with E-state index in [1.54, 1.807) is 0 Å². The minimum atomic E-state index is -1.02. The maximum atomic E-state index is 13.3. The highest BCUT2D eigenvalue weighted by Crippen LogP contribution is 2.34. The molecule has 0 aliphatic carbocycles. The zero-order chi connectivity index (χ0) is 11.4. The molecule has 0 bridgehead atoms. The van der Waals surface area contributed by atoms with Crippen LogP contribution in [0.15, 0.2) is 6.07 Å². The second-order valence-electron chi connectivity index (χ2n) is 2.86. The summed E-state index contributed by atoms with van der Waals surface area (Å²) in [7, 11) is 2.66. The summed E-state index contributed by atoms with van der Waals surface area (Å²) < 4.78 is 36.2. The summed E-state index contributed by atoms with van der Waals surface area (Å²) in [6.45, 7) is -0.292. The molecule has 0 aromatic heterocycles. The molecule has 0 fully saturated rings. The summed E-state index contributed by atoms with van der Waals surface area (Å²) in [6.07, 6.45) is -0.0247. The number of aliphatic hydroxyl groups is 1. The number of methoxy groups -OCH3 is 2. The van der Waals surface area contributed by atoms with E-state index in [9.17, 15) is 8.78 Å². The Balaban J connectivity index is 3.35. The van der Waals surface area contributed by atoms with Crippen molar-refractivity contribution in [1.82, 2.24) is 0 Å². The molecule has 1 rings (SSSR count). The fraction of sp³-hybridized carbons (Fsp3) is 0.400. The van der Waals surface area contributed by atoms with Crippen molar-refractivity contribution in [2.45, 2.75) is 6.42 Å². The predicted molar refractivity (Wildman–Crippen MR) is 50.3 cm³/mol. The van der Waals surface area contributed by atoms with Gasteiger partial charge < -0.3 is 14.6 Å². The molecular formula is C10H12F2O3. The van der Waals surface area contributed by atoms with Gasteiger partial charge in [-0.25, -0.2) is 8.78 Å². The van der Waals surface area contributed by atoms with Gasteiger partial charge in [-0.3, -0.25) is 0 Å². The van der Waals surface area contributed by atoms with Crippen molar-refractivity contribution in [2.75, 3.05) is 20.8 Å². The van der Waals surface area contributed by atoms with Crippen molar-refractivity contribution in [3.63, 3.8) is 0 Å². The molecule has 5 heteroatoms. The molecule has 0 spiro atoms. The standard InChI is InChI=1S/C10H12F2O3/c1-14-8-5-7(11)9(12)6(3-4-13)10(8)15-2/h5,13H,3-4H2,1-2H3. The van der Waals surface area contributed by atoms with Gasteiger partial charge in [0.25, 0.3) is 0 Å². The van der Waals surface area contributed by atoms with Gasteiger partial charge in [0.15, 0.2) is 23.1 Å². The van der Waals surface area contributed by atoms with Crippen LogP contribution in [0.25, 0.3) is 0 Å². The Morgan fingerprint density at radius 3 is 2.40 bits per heavy atom. The lowest BCUT2D eigenvalue weighted by Gasteiger charge is -2.13. The maximum Gasteiger partial charge on any atom is 0.167 e. The summed E-state index contributed by atoms with van der Waals surface area (Å²) in [5.74, 6) is -1.80. The predicted octanol–water partition coefficient (Wildman–Crippen LogP) is 1.52. The largest absolute Gasteiger partial charge is 0.493 e. The van der Waals surface area contributed by atoms with Crippen LogP contribution in [0.1, 0.15) is 5.56 Å². The van der Waals surface area contributed by atoms with Crippen LogP contribution in [-0.4, -0.2) is 25.9 Å². The minimum absolute atomic E-state index is 0.0168. The lowest BCUT2D eigenvalue weighted by molar-refractivity contribution is 0.290. The van der Waals surface area contributed by atoms with Gasteiger partial charge >= 0.3 is 0 Å². The lowest BCUT2D eigenvalue weighted by atomic mass is 10.1. The van der Waals surface area contributed by atoms with E-state index in [1.807, 2.05) is 0 Å². The molecule has 0 aliphatic heterocycles. The smallest absolute Gasteiger partial charge is 0.167 e. The highest BCUT2D eigenvalue weighted by Gasteiger charge is 2.19. The fourth-order valence-corrected chi connectivity index (χ4v) is 1.35. The fourth-order valence-electron chi connectivity index (χ4n) is 1.35. The first kappa shape index (κ1) is 11.7. The Bertz CT molecular complexity index is 353. The molecule has 0 aliphatic rings. The van der Waals surface area contributed by atoms with Gasteiger partial charge in [0.2, 0.25) is 0 Å². The average Bonchev–Trinajstić information content (AvgIpc) is 2.24. The van der Waals surface area contributed by atoms with E-state index in [2.05, 4.69) is 0 Å². The summed E-state index contributed by atoms with van der Waals surface area (Å²) in [4.78, 5) is 0. The molecule has 15 heavy (non-hydrogen) atoms. The molecule has 1 aromatic rings. The normalized spacial score (nSPS) is 10.2. The maximum absolute atomic E-state index is 13.3. The Kier molecular flexibility index (Phi) is 3.85. The van der Waals surface area contributed by atoms with Gasteiger partial charge in [-0.05, 0) is 0 Å². The quantitative estimate of drug-likeness (QED) is 0.832. The van der Waals surface area contributed by atoms with Crippen LogP contribution >= 0.6 is 0 Å². The zero-order valence-corrected chi connectivity index (χ0v) is 8.51. The topological polar surface area (TPSA) is 38.7 Å². The van der Waals surface area contributed by atoms with Crippen LogP contribution in [-0.2, 0) is 6.42 Å². The molecular weight excluding hydrogens is 206 g/mol. The monoisotopic (exact) mass is 218 g/mol. The number of hydrogen-bond acceptors (Lipinski definition) is 3. The van der Waals surface area contributed by atoms with Gasteiger partial charge in [0.05, 0.1) is 14.2 Å². The van der Waals surface area contributed by atoms with Gasteiger partial charge in [-0.1, -0.05) is 0 Å².